The molecular formula is C17H29IN4O2. The van der Waals surface area contributed by atoms with E-state index in [2.05, 4.69) is 20.9 Å². The molecule has 0 aliphatic carbocycles. The number of nitrogens with one attached hydrogen (secondary N) is 3. The minimum atomic E-state index is -0.251. The average Bonchev–Trinajstić information content (AvgIpc) is 2.57. The lowest BCUT2D eigenvalue weighted by Gasteiger charge is -2.24. The maximum Gasteiger partial charge on any atom is 0.251 e. The first kappa shape index (κ1) is 22.6. The Bertz CT molecular complexity index is 547. The van der Waals surface area contributed by atoms with Gasteiger partial charge in [0.05, 0.1) is 5.60 Å². The van der Waals surface area contributed by atoms with Crippen molar-refractivity contribution in [1.29, 1.82) is 0 Å². The molecule has 0 aliphatic heterocycles. The number of carbonyl (C=O) groups excluding carboxylic acids is 1. The summed E-state index contributed by atoms with van der Waals surface area (Å²) < 4.78 is 5.37. The fraction of sp³-hybridized carbons (Fsp3) is 0.529. The normalized spacial score (nSPS) is 11.5. The van der Waals surface area contributed by atoms with Gasteiger partial charge in [0.25, 0.3) is 5.91 Å². The van der Waals surface area contributed by atoms with Gasteiger partial charge in [-0.15, -0.1) is 24.0 Å². The number of nitrogens with zero attached hydrogens (tertiary/aromatic N) is 1. The Balaban J connectivity index is 0.00000529. The highest BCUT2D eigenvalue weighted by Crippen LogP contribution is 2.06. The van der Waals surface area contributed by atoms with Gasteiger partial charge in [0.1, 0.15) is 0 Å². The lowest BCUT2D eigenvalue weighted by molar-refractivity contribution is 0.0268. The predicted molar refractivity (Wildman–Crippen MR) is 109 cm³/mol. The van der Waals surface area contributed by atoms with Crippen molar-refractivity contribution in [3.8, 4) is 0 Å². The van der Waals surface area contributed by atoms with Crippen molar-refractivity contribution in [3.63, 3.8) is 0 Å². The minimum Gasteiger partial charge on any atom is -0.377 e. The molecule has 0 heterocycles. The number of hydrogen-bond acceptors (Lipinski definition) is 3. The van der Waals surface area contributed by atoms with E-state index in [4.69, 9.17) is 4.74 Å². The number of rotatable bonds is 7. The maximum atomic E-state index is 11.6. The van der Waals surface area contributed by atoms with Crippen molar-refractivity contribution in [3.05, 3.63) is 35.4 Å². The molecule has 0 fully saturated rings. The first-order valence-electron chi connectivity index (χ1n) is 7.72. The molecule has 0 atom stereocenters. The third kappa shape index (κ3) is 7.96. The van der Waals surface area contributed by atoms with Crippen LogP contribution in [0.5, 0.6) is 0 Å². The summed E-state index contributed by atoms with van der Waals surface area (Å²) in [5.74, 6) is 0.664. The molecule has 24 heavy (non-hydrogen) atoms. The molecule has 0 radical (unpaired) electrons. The fourth-order valence-electron chi connectivity index (χ4n) is 1.93. The van der Waals surface area contributed by atoms with Crippen molar-refractivity contribution in [2.75, 3.05) is 34.3 Å². The summed E-state index contributed by atoms with van der Waals surface area (Å²) in [5.41, 5.74) is 1.53. The largest absolute Gasteiger partial charge is 0.377 e. The summed E-state index contributed by atoms with van der Waals surface area (Å²) in [6, 6.07) is 7.63. The second-order valence-electron chi connectivity index (χ2n) is 5.85. The molecule has 6 nitrogen and oxygen atoms in total. The number of halogens is 1. The zero-order valence-corrected chi connectivity index (χ0v) is 17.4. The van der Waals surface area contributed by atoms with Crippen LogP contribution in [0, 0.1) is 0 Å². The summed E-state index contributed by atoms with van der Waals surface area (Å²) in [5, 5.41) is 9.13. The topological polar surface area (TPSA) is 74.8 Å². The van der Waals surface area contributed by atoms with Gasteiger partial charge in [-0.1, -0.05) is 12.1 Å². The Labute approximate surface area is 161 Å². The lowest BCUT2D eigenvalue weighted by Crippen LogP contribution is -2.45. The maximum absolute atomic E-state index is 11.6. The van der Waals surface area contributed by atoms with E-state index in [9.17, 15) is 4.79 Å². The molecule has 1 aromatic rings. The van der Waals surface area contributed by atoms with E-state index in [1.807, 2.05) is 38.1 Å². The Kier molecular flexibility index (Phi) is 10.6. The Morgan fingerprint density at radius 2 is 2.00 bits per heavy atom. The van der Waals surface area contributed by atoms with Gasteiger partial charge in [-0.25, -0.2) is 0 Å². The second kappa shape index (κ2) is 11.2. The Morgan fingerprint density at radius 1 is 1.29 bits per heavy atom. The van der Waals surface area contributed by atoms with E-state index in [0.717, 1.165) is 24.5 Å². The van der Waals surface area contributed by atoms with Crippen LogP contribution in [0.3, 0.4) is 0 Å². The molecule has 0 bridgehead atoms. The van der Waals surface area contributed by atoms with E-state index in [-0.39, 0.29) is 35.5 Å². The third-order valence-corrected chi connectivity index (χ3v) is 3.58. The summed E-state index contributed by atoms with van der Waals surface area (Å²) in [6.45, 7) is 5.41. The molecule has 3 N–H and O–H groups in total. The second-order valence-corrected chi connectivity index (χ2v) is 5.85. The quantitative estimate of drug-likeness (QED) is 0.338. The smallest absolute Gasteiger partial charge is 0.251 e. The number of ether oxygens (including phenoxy) is 1. The van der Waals surface area contributed by atoms with E-state index in [0.29, 0.717) is 12.1 Å². The number of hydrogen-bond donors (Lipinski definition) is 3. The predicted octanol–water partition coefficient (Wildman–Crippen LogP) is 1.80. The molecule has 1 amide bonds. The highest BCUT2D eigenvalue weighted by molar-refractivity contribution is 14.0. The van der Waals surface area contributed by atoms with E-state index >= 15 is 0 Å². The highest BCUT2D eigenvalue weighted by Gasteiger charge is 2.16. The standard InChI is InChI=1S/C17H28N4O2.HI/c1-17(2,23-5)12-21-16(19-4)20-10-9-13-7-6-8-14(11-13)15(22)18-3;/h6-8,11H,9-10,12H2,1-5H3,(H,18,22)(H2,19,20,21);1H. The average molecular weight is 448 g/mol. The van der Waals surface area contributed by atoms with Gasteiger partial charge >= 0.3 is 0 Å². The van der Waals surface area contributed by atoms with Gasteiger partial charge in [-0.3, -0.25) is 9.79 Å². The number of benzene rings is 1. The highest BCUT2D eigenvalue weighted by atomic mass is 127. The van der Waals surface area contributed by atoms with Gasteiger partial charge in [-0.05, 0) is 38.0 Å². The van der Waals surface area contributed by atoms with Crippen molar-refractivity contribution in [2.45, 2.75) is 25.9 Å². The van der Waals surface area contributed by atoms with Crippen LogP contribution in [0.4, 0.5) is 0 Å². The van der Waals surface area contributed by atoms with Crippen molar-refractivity contribution >= 4 is 35.8 Å². The van der Waals surface area contributed by atoms with Gasteiger partial charge in [0.2, 0.25) is 0 Å². The van der Waals surface area contributed by atoms with Crippen molar-refractivity contribution in [2.24, 2.45) is 4.99 Å². The van der Waals surface area contributed by atoms with Gasteiger partial charge in [0.15, 0.2) is 5.96 Å². The van der Waals surface area contributed by atoms with Crippen LogP contribution in [-0.4, -0.2) is 51.8 Å². The number of methoxy groups -OCH3 is 1. The molecule has 7 heteroatoms. The van der Waals surface area contributed by atoms with Crippen LogP contribution in [0.1, 0.15) is 29.8 Å². The van der Waals surface area contributed by atoms with Gasteiger partial charge in [0, 0.05) is 39.9 Å². The first-order chi connectivity index (χ1) is 10.9. The van der Waals surface area contributed by atoms with Gasteiger partial charge in [-0.2, -0.15) is 0 Å². The molecule has 0 unspecified atom stereocenters. The van der Waals surface area contributed by atoms with Crippen LogP contribution in [-0.2, 0) is 11.2 Å². The zero-order chi connectivity index (χ0) is 17.3. The van der Waals surface area contributed by atoms with Crippen LogP contribution < -0.4 is 16.0 Å². The van der Waals surface area contributed by atoms with E-state index in [1.165, 1.54) is 0 Å². The third-order valence-electron chi connectivity index (χ3n) is 3.58. The molecule has 136 valence electrons. The van der Waals surface area contributed by atoms with Crippen LogP contribution in [0.15, 0.2) is 29.3 Å². The number of carbonyl (C=O) groups is 1. The Hall–Kier alpha value is -1.35. The summed E-state index contributed by atoms with van der Waals surface area (Å²) >= 11 is 0. The minimum absolute atomic E-state index is 0. The fourth-order valence-corrected chi connectivity index (χ4v) is 1.93. The van der Waals surface area contributed by atoms with E-state index < -0.39 is 0 Å². The number of guanidine groups is 1. The van der Waals surface area contributed by atoms with Crippen LogP contribution in [0.2, 0.25) is 0 Å². The van der Waals surface area contributed by atoms with Crippen LogP contribution in [0.25, 0.3) is 0 Å². The molecule has 1 rings (SSSR count). The molecule has 1 aromatic carbocycles. The number of aliphatic imine (C=N–C) groups is 1. The summed E-state index contributed by atoms with van der Waals surface area (Å²) in [6.07, 6.45) is 0.805. The molecule has 0 spiro atoms. The van der Waals surface area contributed by atoms with E-state index in [1.54, 1.807) is 21.2 Å². The SMILES string of the molecule is CN=C(NCCc1cccc(C(=O)NC)c1)NCC(C)(C)OC.I. The molecule has 0 aromatic heterocycles. The lowest BCUT2D eigenvalue weighted by atomic mass is 10.1. The Morgan fingerprint density at radius 3 is 2.58 bits per heavy atom. The van der Waals surface area contributed by atoms with Crippen molar-refractivity contribution in [1.82, 2.24) is 16.0 Å². The molecule has 0 saturated carbocycles. The first-order valence-corrected chi connectivity index (χ1v) is 7.72. The molecule has 0 saturated heterocycles. The van der Waals surface area contributed by atoms with Crippen LogP contribution >= 0.6 is 24.0 Å². The molecule has 0 aliphatic rings. The zero-order valence-electron chi connectivity index (χ0n) is 15.1. The summed E-state index contributed by atoms with van der Waals surface area (Å²) in [4.78, 5) is 15.8. The van der Waals surface area contributed by atoms with Gasteiger partial charge < -0.3 is 20.7 Å². The summed E-state index contributed by atoms with van der Waals surface area (Å²) in [7, 11) is 5.06. The monoisotopic (exact) mass is 448 g/mol. The van der Waals surface area contributed by atoms with Crippen molar-refractivity contribution < 1.29 is 9.53 Å². The number of amides is 1. The molecular weight excluding hydrogens is 419 g/mol.